The highest BCUT2D eigenvalue weighted by atomic mass is 16.6. The van der Waals surface area contributed by atoms with Crippen molar-refractivity contribution in [2.75, 3.05) is 26.4 Å². The molecule has 0 fully saturated rings. The molecule has 0 heterocycles. The second-order valence-electron chi connectivity index (χ2n) is 8.33. The first-order valence-electron chi connectivity index (χ1n) is 11.5. The van der Waals surface area contributed by atoms with Crippen molar-refractivity contribution in [3.8, 4) is 11.1 Å². The van der Waals surface area contributed by atoms with E-state index in [-0.39, 0.29) is 35.5 Å². The normalized spacial score (nSPS) is 12.0. The predicted octanol–water partition coefficient (Wildman–Crippen LogP) is 2.63. The number of aliphatic hydroxyl groups is 2. The van der Waals surface area contributed by atoms with Crippen LogP contribution < -0.4 is 0 Å². The van der Waals surface area contributed by atoms with Gasteiger partial charge in [-0.15, -0.1) is 0 Å². The molecule has 2 atom stereocenters. The van der Waals surface area contributed by atoms with Crippen molar-refractivity contribution < 1.29 is 48.3 Å². The summed E-state index contributed by atoms with van der Waals surface area (Å²) in [6.07, 6.45) is -2.05. The highest BCUT2D eigenvalue weighted by molar-refractivity contribution is 5.91. The minimum absolute atomic E-state index is 0.185. The van der Waals surface area contributed by atoms with Crippen molar-refractivity contribution in [1.29, 1.82) is 0 Å². The molecule has 0 spiro atoms. The molecule has 0 aliphatic carbocycles. The molecule has 2 aromatic carbocycles. The van der Waals surface area contributed by atoms with Gasteiger partial charge >= 0.3 is 23.9 Å². The maximum absolute atomic E-state index is 12.4. The van der Waals surface area contributed by atoms with Crippen molar-refractivity contribution in [3.63, 3.8) is 0 Å². The van der Waals surface area contributed by atoms with Crippen molar-refractivity contribution in [2.45, 2.75) is 26.1 Å². The minimum Gasteiger partial charge on any atom is -0.458 e. The smallest absolute Gasteiger partial charge is 0.338 e. The van der Waals surface area contributed by atoms with E-state index < -0.39 is 49.3 Å². The molecule has 2 rings (SSSR count). The minimum atomic E-state index is -1.03. The van der Waals surface area contributed by atoms with E-state index in [9.17, 15) is 29.4 Å². The quantitative estimate of drug-likeness (QED) is 0.227. The van der Waals surface area contributed by atoms with Gasteiger partial charge < -0.3 is 29.2 Å². The number of hydrogen-bond acceptors (Lipinski definition) is 10. The first-order chi connectivity index (χ1) is 18.0. The van der Waals surface area contributed by atoms with E-state index >= 15 is 0 Å². The molecular formula is C28H30O10. The lowest BCUT2D eigenvalue weighted by atomic mass is 10.0. The number of esters is 4. The SMILES string of the molecule is C=C(C)C(=O)OCC(CO)OC(=O)c1ccc(-c2ccc(C(=O)OC(CO)COC(=O)C(=C)C)cc2)cc1. The molecule has 2 N–H and O–H groups in total. The van der Waals surface area contributed by atoms with Crippen LogP contribution in [0.4, 0.5) is 0 Å². The fraction of sp³-hybridized carbons (Fsp3) is 0.286. The molecule has 10 heteroatoms. The number of benzene rings is 2. The molecule has 2 aromatic rings. The van der Waals surface area contributed by atoms with E-state index in [4.69, 9.17) is 18.9 Å². The number of carbonyl (C=O) groups is 4. The van der Waals surface area contributed by atoms with Gasteiger partial charge in [0.05, 0.1) is 24.3 Å². The van der Waals surface area contributed by atoms with Crippen LogP contribution in [-0.4, -0.2) is 72.7 Å². The van der Waals surface area contributed by atoms with Crippen LogP contribution in [0.15, 0.2) is 72.8 Å². The van der Waals surface area contributed by atoms with Gasteiger partial charge in [-0.3, -0.25) is 0 Å². The molecule has 0 aromatic heterocycles. The number of carbonyl (C=O) groups excluding carboxylic acids is 4. The van der Waals surface area contributed by atoms with Crippen LogP contribution in [0.5, 0.6) is 0 Å². The molecule has 0 saturated carbocycles. The highest BCUT2D eigenvalue weighted by Gasteiger charge is 2.19. The molecule has 202 valence electrons. The number of rotatable bonds is 13. The lowest BCUT2D eigenvalue weighted by molar-refractivity contribution is -0.143. The van der Waals surface area contributed by atoms with Crippen LogP contribution in [0.3, 0.4) is 0 Å². The Morgan fingerprint density at radius 3 is 1.24 bits per heavy atom. The van der Waals surface area contributed by atoms with Gasteiger partial charge in [0.25, 0.3) is 0 Å². The largest absolute Gasteiger partial charge is 0.458 e. The standard InChI is InChI=1S/C28H30O10/c1-17(2)25(31)35-15-23(13-29)37-27(33)21-9-5-19(6-10-21)20-7-11-22(12-8-20)28(34)38-24(14-30)16-36-26(32)18(3)4/h5-12,23-24,29-30H,1,3,13-16H2,2,4H3. The maximum Gasteiger partial charge on any atom is 0.338 e. The Labute approximate surface area is 220 Å². The van der Waals surface area contributed by atoms with Crippen molar-refractivity contribution in [1.82, 2.24) is 0 Å². The number of aliphatic hydroxyl groups excluding tert-OH is 2. The second kappa shape index (κ2) is 14.5. The van der Waals surface area contributed by atoms with Gasteiger partial charge in [-0.05, 0) is 49.2 Å². The van der Waals surface area contributed by atoms with Gasteiger partial charge in [0.2, 0.25) is 0 Å². The Morgan fingerprint density at radius 1 is 0.658 bits per heavy atom. The van der Waals surface area contributed by atoms with Gasteiger partial charge in [-0.2, -0.15) is 0 Å². The third-order valence-corrected chi connectivity index (χ3v) is 5.03. The third kappa shape index (κ3) is 8.99. The van der Waals surface area contributed by atoms with Crippen molar-refractivity contribution in [3.05, 3.63) is 84.0 Å². The molecule has 0 saturated heterocycles. The molecular weight excluding hydrogens is 496 g/mol. The Morgan fingerprint density at radius 2 is 0.974 bits per heavy atom. The van der Waals surface area contributed by atoms with Crippen LogP contribution >= 0.6 is 0 Å². The summed E-state index contributed by atoms with van der Waals surface area (Å²) in [6.45, 7) is 8.19. The van der Waals surface area contributed by atoms with Crippen LogP contribution in [0.25, 0.3) is 11.1 Å². The average Bonchev–Trinajstić information content (AvgIpc) is 2.92. The van der Waals surface area contributed by atoms with Crippen LogP contribution in [-0.2, 0) is 28.5 Å². The van der Waals surface area contributed by atoms with E-state index in [1.165, 1.54) is 38.1 Å². The second-order valence-corrected chi connectivity index (χ2v) is 8.33. The van der Waals surface area contributed by atoms with E-state index in [1.54, 1.807) is 24.3 Å². The van der Waals surface area contributed by atoms with Gasteiger partial charge in [0.15, 0.2) is 12.2 Å². The van der Waals surface area contributed by atoms with Crippen LogP contribution in [0.2, 0.25) is 0 Å². The number of hydrogen-bond donors (Lipinski definition) is 2. The fourth-order valence-electron chi connectivity index (χ4n) is 2.87. The summed E-state index contributed by atoms with van der Waals surface area (Å²) in [5.74, 6) is -2.71. The zero-order chi connectivity index (χ0) is 28.2. The molecule has 0 bridgehead atoms. The summed E-state index contributed by atoms with van der Waals surface area (Å²) in [5, 5.41) is 18.8. The lowest BCUT2D eigenvalue weighted by Crippen LogP contribution is -2.28. The zero-order valence-electron chi connectivity index (χ0n) is 21.2. The van der Waals surface area contributed by atoms with E-state index in [0.717, 1.165) is 11.1 Å². The average molecular weight is 527 g/mol. The first kappa shape index (κ1) is 29.9. The molecule has 38 heavy (non-hydrogen) atoms. The molecule has 0 aliphatic rings. The summed E-state index contributed by atoms with van der Waals surface area (Å²) < 4.78 is 20.2. The van der Waals surface area contributed by atoms with Gasteiger partial charge in [-0.1, -0.05) is 37.4 Å². The fourth-order valence-corrected chi connectivity index (χ4v) is 2.87. The maximum atomic E-state index is 12.4. The first-order valence-corrected chi connectivity index (χ1v) is 11.5. The lowest BCUT2D eigenvalue weighted by Gasteiger charge is -2.16. The summed E-state index contributed by atoms with van der Waals surface area (Å²) in [5.41, 5.74) is 2.31. The Balaban J connectivity index is 1.97. The van der Waals surface area contributed by atoms with E-state index in [2.05, 4.69) is 13.2 Å². The Kier molecular flexibility index (Phi) is 11.4. The van der Waals surface area contributed by atoms with E-state index in [1.807, 2.05) is 0 Å². The van der Waals surface area contributed by atoms with Gasteiger partial charge in [-0.25, -0.2) is 19.2 Å². The molecule has 2 unspecified atom stereocenters. The summed E-state index contributed by atoms with van der Waals surface area (Å²) in [6, 6.07) is 12.8. The summed E-state index contributed by atoms with van der Waals surface area (Å²) in [4.78, 5) is 47.8. The van der Waals surface area contributed by atoms with Crippen LogP contribution in [0, 0.1) is 0 Å². The zero-order valence-corrected chi connectivity index (χ0v) is 21.2. The molecule has 0 amide bonds. The Bertz CT molecular complexity index is 1070. The molecule has 10 nitrogen and oxygen atoms in total. The van der Waals surface area contributed by atoms with E-state index in [0.29, 0.717) is 0 Å². The molecule has 0 aliphatic heterocycles. The predicted molar refractivity (Wildman–Crippen MR) is 136 cm³/mol. The monoisotopic (exact) mass is 526 g/mol. The van der Waals surface area contributed by atoms with Crippen molar-refractivity contribution in [2.24, 2.45) is 0 Å². The summed E-state index contributed by atoms with van der Waals surface area (Å²) >= 11 is 0. The van der Waals surface area contributed by atoms with Gasteiger partial charge in [0, 0.05) is 11.1 Å². The topological polar surface area (TPSA) is 146 Å². The number of ether oxygens (including phenoxy) is 4. The highest BCUT2D eigenvalue weighted by Crippen LogP contribution is 2.21. The van der Waals surface area contributed by atoms with Gasteiger partial charge in [0.1, 0.15) is 13.2 Å². The van der Waals surface area contributed by atoms with Crippen LogP contribution in [0.1, 0.15) is 34.6 Å². The van der Waals surface area contributed by atoms with Crippen molar-refractivity contribution >= 4 is 23.9 Å². The molecule has 0 radical (unpaired) electrons. The summed E-state index contributed by atoms with van der Waals surface area (Å²) in [7, 11) is 0. The Hall–Kier alpha value is -4.28. The third-order valence-electron chi connectivity index (χ3n) is 5.03.